The SMILES string of the molecule is Clc1ccccc1-n1cc(-c2ccccc2Br)cn1. The summed E-state index contributed by atoms with van der Waals surface area (Å²) in [4.78, 5) is 0. The Morgan fingerprint density at radius 3 is 2.53 bits per heavy atom. The van der Waals surface area contributed by atoms with Crippen LogP contribution in [0.25, 0.3) is 16.8 Å². The molecule has 2 nitrogen and oxygen atoms in total. The van der Waals surface area contributed by atoms with Crippen LogP contribution in [-0.4, -0.2) is 9.78 Å². The number of hydrogen-bond acceptors (Lipinski definition) is 1. The number of hydrogen-bond donors (Lipinski definition) is 0. The largest absolute Gasteiger partial charge is 0.239 e. The number of aromatic nitrogens is 2. The van der Waals surface area contributed by atoms with E-state index in [1.807, 2.05) is 54.9 Å². The van der Waals surface area contributed by atoms with Gasteiger partial charge in [-0.2, -0.15) is 5.10 Å². The minimum absolute atomic E-state index is 0.685. The topological polar surface area (TPSA) is 17.8 Å². The molecule has 1 heterocycles. The van der Waals surface area contributed by atoms with Gasteiger partial charge in [0.15, 0.2) is 0 Å². The summed E-state index contributed by atoms with van der Waals surface area (Å²) >= 11 is 9.73. The van der Waals surface area contributed by atoms with Crippen LogP contribution in [0.5, 0.6) is 0 Å². The number of para-hydroxylation sites is 1. The van der Waals surface area contributed by atoms with Crippen molar-refractivity contribution in [3.63, 3.8) is 0 Å². The van der Waals surface area contributed by atoms with E-state index in [-0.39, 0.29) is 0 Å². The minimum Gasteiger partial charge on any atom is -0.239 e. The lowest BCUT2D eigenvalue weighted by atomic mass is 10.1. The highest BCUT2D eigenvalue weighted by Gasteiger charge is 2.07. The van der Waals surface area contributed by atoms with Crippen molar-refractivity contribution in [2.45, 2.75) is 0 Å². The summed E-state index contributed by atoms with van der Waals surface area (Å²) in [5.74, 6) is 0. The van der Waals surface area contributed by atoms with Gasteiger partial charge in [-0.05, 0) is 23.8 Å². The predicted octanol–water partition coefficient (Wildman–Crippen LogP) is 4.96. The summed E-state index contributed by atoms with van der Waals surface area (Å²) in [5, 5.41) is 5.06. The summed E-state index contributed by atoms with van der Waals surface area (Å²) in [5.41, 5.74) is 3.04. The average molecular weight is 334 g/mol. The summed E-state index contributed by atoms with van der Waals surface area (Å²) in [6.45, 7) is 0. The van der Waals surface area contributed by atoms with E-state index in [2.05, 4.69) is 27.1 Å². The van der Waals surface area contributed by atoms with Gasteiger partial charge in [0.05, 0.1) is 16.9 Å². The van der Waals surface area contributed by atoms with E-state index in [0.717, 1.165) is 21.3 Å². The number of rotatable bonds is 2. The molecular formula is C15H10BrClN2. The van der Waals surface area contributed by atoms with Crippen LogP contribution >= 0.6 is 27.5 Å². The van der Waals surface area contributed by atoms with Crippen molar-refractivity contribution in [2.24, 2.45) is 0 Å². The van der Waals surface area contributed by atoms with E-state index in [1.165, 1.54) is 0 Å². The van der Waals surface area contributed by atoms with E-state index in [4.69, 9.17) is 11.6 Å². The Labute approximate surface area is 124 Å². The van der Waals surface area contributed by atoms with Gasteiger partial charge in [0.25, 0.3) is 0 Å². The molecule has 0 N–H and O–H groups in total. The van der Waals surface area contributed by atoms with Crippen molar-refractivity contribution >= 4 is 27.5 Å². The third-order valence-corrected chi connectivity index (χ3v) is 3.88. The first-order valence-electron chi connectivity index (χ1n) is 5.80. The van der Waals surface area contributed by atoms with E-state index >= 15 is 0 Å². The van der Waals surface area contributed by atoms with Crippen LogP contribution in [0.4, 0.5) is 0 Å². The van der Waals surface area contributed by atoms with Gasteiger partial charge in [-0.1, -0.05) is 57.9 Å². The molecule has 0 unspecified atom stereocenters. The lowest BCUT2D eigenvalue weighted by Gasteiger charge is -2.03. The molecule has 0 aliphatic rings. The zero-order chi connectivity index (χ0) is 13.2. The smallest absolute Gasteiger partial charge is 0.0831 e. The van der Waals surface area contributed by atoms with Crippen molar-refractivity contribution in [1.82, 2.24) is 9.78 Å². The second-order valence-electron chi connectivity index (χ2n) is 4.10. The number of nitrogens with zero attached hydrogens (tertiary/aromatic N) is 2. The zero-order valence-electron chi connectivity index (χ0n) is 9.92. The highest BCUT2D eigenvalue weighted by molar-refractivity contribution is 9.10. The average Bonchev–Trinajstić information content (AvgIpc) is 2.89. The van der Waals surface area contributed by atoms with Crippen LogP contribution in [0, 0.1) is 0 Å². The van der Waals surface area contributed by atoms with Crippen LogP contribution in [0.1, 0.15) is 0 Å². The molecule has 3 aromatic rings. The first-order valence-corrected chi connectivity index (χ1v) is 6.97. The molecule has 94 valence electrons. The van der Waals surface area contributed by atoms with Crippen molar-refractivity contribution in [3.8, 4) is 16.8 Å². The van der Waals surface area contributed by atoms with E-state index in [9.17, 15) is 0 Å². The Bertz CT molecular complexity index is 661. The predicted molar refractivity (Wildman–Crippen MR) is 81.7 cm³/mol. The third-order valence-electron chi connectivity index (χ3n) is 2.87. The van der Waals surface area contributed by atoms with Crippen molar-refractivity contribution < 1.29 is 0 Å². The molecule has 2 aromatic carbocycles. The highest BCUT2D eigenvalue weighted by Crippen LogP contribution is 2.28. The van der Waals surface area contributed by atoms with Gasteiger partial charge in [-0.25, -0.2) is 4.68 Å². The monoisotopic (exact) mass is 332 g/mol. The normalized spacial score (nSPS) is 10.6. The molecule has 4 heteroatoms. The van der Waals surface area contributed by atoms with Gasteiger partial charge in [-0.3, -0.25) is 0 Å². The van der Waals surface area contributed by atoms with Gasteiger partial charge < -0.3 is 0 Å². The summed E-state index contributed by atoms with van der Waals surface area (Å²) < 4.78 is 2.84. The molecule has 0 fully saturated rings. The third kappa shape index (κ3) is 2.44. The molecule has 0 saturated carbocycles. The second-order valence-corrected chi connectivity index (χ2v) is 5.37. The minimum atomic E-state index is 0.685. The fourth-order valence-corrected chi connectivity index (χ4v) is 2.66. The summed E-state index contributed by atoms with van der Waals surface area (Å²) in [6, 6.07) is 15.7. The van der Waals surface area contributed by atoms with Crippen LogP contribution in [-0.2, 0) is 0 Å². The fourth-order valence-electron chi connectivity index (χ4n) is 1.93. The lowest BCUT2D eigenvalue weighted by Crippen LogP contribution is -1.94. The number of halogens is 2. The molecule has 0 saturated heterocycles. The summed E-state index contributed by atoms with van der Waals surface area (Å²) in [7, 11) is 0. The Balaban J connectivity index is 2.06. The molecule has 0 aliphatic carbocycles. The van der Waals surface area contributed by atoms with Gasteiger partial charge >= 0.3 is 0 Å². The Hall–Kier alpha value is -1.58. The maximum Gasteiger partial charge on any atom is 0.0831 e. The highest BCUT2D eigenvalue weighted by atomic mass is 79.9. The Morgan fingerprint density at radius 2 is 1.74 bits per heavy atom. The van der Waals surface area contributed by atoms with Crippen molar-refractivity contribution in [2.75, 3.05) is 0 Å². The van der Waals surface area contributed by atoms with Gasteiger partial charge in [0.1, 0.15) is 0 Å². The van der Waals surface area contributed by atoms with Crippen molar-refractivity contribution in [1.29, 1.82) is 0 Å². The van der Waals surface area contributed by atoms with Crippen LogP contribution in [0.15, 0.2) is 65.4 Å². The summed E-state index contributed by atoms with van der Waals surface area (Å²) in [6.07, 6.45) is 3.81. The molecule has 1 aromatic heterocycles. The maximum absolute atomic E-state index is 6.18. The van der Waals surface area contributed by atoms with Crippen LogP contribution in [0.2, 0.25) is 5.02 Å². The Morgan fingerprint density at radius 1 is 1.00 bits per heavy atom. The molecule has 19 heavy (non-hydrogen) atoms. The van der Waals surface area contributed by atoms with E-state index in [0.29, 0.717) is 5.02 Å². The van der Waals surface area contributed by atoms with E-state index in [1.54, 1.807) is 4.68 Å². The van der Waals surface area contributed by atoms with Crippen molar-refractivity contribution in [3.05, 3.63) is 70.4 Å². The van der Waals surface area contributed by atoms with Gasteiger partial charge in [-0.15, -0.1) is 0 Å². The molecule has 0 bridgehead atoms. The maximum atomic E-state index is 6.18. The standard InChI is InChI=1S/C15H10BrClN2/c16-13-6-2-1-5-12(13)11-9-18-19(10-11)15-8-4-3-7-14(15)17/h1-10H. The fraction of sp³-hybridized carbons (Fsp3) is 0. The Kier molecular flexibility index (Phi) is 3.40. The molecular weight excluding hydrogens is 324 g/mol. The molecule has 0 atom stereocenters. The van der Waals surface area contributed by atoms with E-state index < -0.39 is 0 Å². The van der Waals surface area contributed by atoms with Crippen LogP contribution < -0.4 is 0 Å². The zero-order valence-corrected chi connectivity index (χ0v) is 12.3. The molecule has 0 radical (unpaired) electrons. The lowest BCUT2D eigenvalue weighted by molar-refractivity contribution is 0.881. The number of benzene rings is 2. The molecule has 0 aliphatic heterocycles. The van der Waals surface area contributed by atoms with Gasteiger partial charge in [0.2, 0.25) is 0 Å². The molecule has 0 spiro atoms. The van der Waals surface area contributed by atoms with Crippen LogP contribution in [0.3, 0.4) is 0 Å². The quantitative estimate of drug-likeness (QED) is 0.648. The first-order chi connectivity index (χ1) is 9.25. The molecule has 3 rings (SSSR count). The second kappa shape index (κ2) is 5.19. The van der Waals surface area contributed by atoms with Gasteiger partial charge in [0, 0.05) is 16.2 Å². The first kappa shape index (κ1) is 12.5. The molecule has 0 amide bonds.